The van der Waals surface area contributed by atoms with Gasteiger partial charge in [0, 0.05) is 18.0 Å². The molecule has 0 N–H and O–H groups in total. The van der Waals surface area contributed by atoms with Crippen LogP contribution in [0.3, 0.4) is 0 Å². The molecule has 0 bridgehead atoms. The van der Waals surface area contributed by atoms with Crippen LogP contribution in [0, 0.1) is 6.92 Å². The van der Waals surface area contributed by atoms with Crippen molar-refractivity contribution >= 4 is 37.2 Å². The van der Waals surface area contributed by atoms with Gasteiger partial charge in [-0.3, -0.25) is 4.79 Å². The molecule has 1 aromatic heterocycles. The van der Waals surface area contributed by atoms with E-state index in [1.165, 1.54) is 17.6 Å². The molecule has 3 aromatic rings. The molecule has 0 aliphatic rings. The zero-order valence-electron chi connectivity index (χ0n) is 15.2. The maximum absolute atomic E-state index is 13.0. The van der Waals surface area contributed by atoms with Gasteiger partial charge in [-0.05, 0) is 48.6 Å². The van der Waals surface area contributed by atoms with Crippen LogP contribution in [0.1, 0.15) is 33.8 Å². The van der Waals surface area contributed by atoms with Crippen LogP contribution in [0.5, 0.6) is 0 Å². The lowest BCUT2D eigenvalue weighted by Crippen LogP contribution is -2.29. The van der Waals surface area contributed by atoms with E-state index in [9.17, 15) is 13.2 Å². The highest BCUT2D eigenvalue weighted by molar-refractivity contribution is 7.90. The van der Waals surface area contributed by atoms with Gasteiger partial charge in [-0.15, -0.1) is 11.3 Å². The highest BCUT2D eigenvalue weighted by Gasteiger charge is 2.23. The predicted octanol–water partition coefficient (Wildman–Crippen LogP) is 4.45. The van der Waals surface area contributed by atoms with Gasteiger partial charge in [0.2, 0.25) is 0 Å². The number of fused-ring (bicyclic) bond motifs is 1. The molecule has 1 atom stereocenters. The summed E-state index contributed by atoms with van der Waals surface area (Å²) in [5.74, 6) is -0.0246. The number of thiophene rings is 1. The Morgan fingerprint density at radius 2 is 1.69 bits per heavy atom. The number of aryl methyl sites for hydroxylation is 1. The van der Waals surface area contributed by atoms with E-state index in [0.29, 0.717) is 0 Å². The molecule has 136 valence electrons. The molecule has 1 heterocycles. The molecule has 4 nitrogen and oxygen atoms in total. The normalized spacial score (nSPS) is 12.9. The Morgan fingerprint density at radius 3 is 2.27 bits per heavy atom. The zero-order chi connectivity index (χ0) is 19.1. The van der Waals surface area contributed by atoms with Gasteiger partial charge >= 0.3 is 0 Å². The van der Waals surface area contributed by atoms with Gasteiger partial charge < -0.3 is 4.90 Å². The number of carbonyl (C=O) groups excluding carboxylic acids is 1. The number of benzene rings is 2. The molecular formula is C20H21NO3S2. The van der Waals surface area contributed by atoms with Crippen molar-refractivity contribution in [2.75, 3.05) is 13.3 Å². The molecule has 0 fully saturated rings. The van der Waals surface area contributed by atoms with E-state index in [0.717, 1.165) is 26.1 Å². The Kier molecular flexibility index (Phi) is 4.90. The van der Waals surface area contributed by atoms with Crippen LogP contribution >= 0.6 is 11.3 Å². The Bertz CT molecular complexity index is 1070. The molecular weight excluding hydrogens is 366 g/mol. The first-order chi connectivity index (χ1) is 12.2. The Labute approximate surface area is 158 Å². The SMILES string of the molecule is Cc1c(C(=O)N(C)C(C)c2ccc(S(C)(=O)=O)cc2)sc2ccccc12. The molecule has 1 amide bonds. The molecule has 0 aliphatic heterocycles. The summed E-state index contributed by atoms with van der Waals surface area (Å²) in [5.41, 5.74) is 1.90. The van der Waals surface area contributed by atoms with E-state index in [4.69, 9.17) is 0 Å². The lowest BCUT2D eigenvalue weighted by atomic mass is 10.1. The fraction of sp³-hybridized carbons (Fsp3) is 0.250. The third-order valence-electron chi connectivity index (χ3n) is 4.73. The fourth-order valence-electron chi connectivity index (χ4n) is 2.93. The van der Waals surface area contributed by atoms with Gasteiger partial charge in [-0.1, -0.05) is 30.3 Å². The van der Waals surface area contributed by atoms with Crippen molar-refractivity contribution in [3.8, 4) is 0 Å². The number of amides is 1. The molecule has 0 saturated heterocycles. The van der Waals surface area contributed by atoms with Crippen LogP contribution in [0.15, 0.2) is 53.4 Å². The maximum Gasteiger partial charge on any atom is 0.264 e. The minimum atomic E-state index is -3.22. The van der Waals surface area contributed by atoms with Crippen molar-refractivity contribution in [1.82, 2.24) is 4.90 Å². The molecule has 0 aliphatic carbocycles. The molecule has 0 saturated carbocycles. The predicted molar refractivity (Wildman–Crippen MR) is 107 cm³/mol. The zero-order valence-corrected chi connectivity index (χ0v) is 16.8. The number of hydrogen-bond acceptors (Lipinski definition) is 4. The van der Waals surface area contributed by atoms with Crippen LogP contribution < -0.4 is 0 Å². The van der Waals surface area contributed by atoms with Gasteiger partial charge in [-0.2, -0.15) is 0 Å². The summed E-state index contributed by atoms with van der Waals surface area (Å²) in [6, 6.07) is 14.6. The van der Waals surface area contributed by atoms with Crippen molar-refractivity contribution in [3.63, 3.8) is 0 Å². The van der Waals surface area contributed by atoms with Crippen molar-refractivity contribution in [3.05, 3.63) is 64.5 Å². The first-order valence-corrected chi connectivity index (χ1v) is 11.0. The minimum Gasteiger partial charge on any atom is -0.334 e. The summed E-state index contributed by atoms with van der Waals surface area (Å²) in [6.45, 7) is 3.92. The van der Waals surface area contributed by atoms with E-state index in [2.05, 4.69) is 0 Å². The summed E-state index contributed by atoms with van der Waals surface area (Å²) < 4.78 is 24.3. The molecule has 6 heteroatoms. The van der Waals surface area contributed by atoms with E-state index in [1.807, 2.05) is 38.1 Å². The smallest absolute Gasteiger partial charge is 0.264 e. The first-order valence-electron chi connectivity index (χ1n) is 8.25. The van der Waals surface area contributed by atoms with Crippen LogP contribution in [0.4, 0.5) is 0 Å². The molecule has 1 unspecified atom stereocenters. The molecule has 2 aromatic carbocycles. The summed E-state index contributed by atoms with van der Waals surface area (Å²) in [6.07, 6.45) is 1.19. The summed E-state index contributed by atoms with van der Waals surface area (Å²) in [5, 5.41) is 1.11. The standard InChI is InChI=1S/C20H21NO3S2/c1-13-17-7-5-6-8-18(17)25-19(13)20(22)21(3)14(2)15-9-11-16(12-10-15)26(4,23)24/h5-12,14H,1-4H3. The number of sulfone groups is 1. The highest BCUT2D eigenvalue weighted by Crippen LogP contribution is 2.33. The highest BCUT2D eigenvalue weighted by atomic mass is 32.2. The van der Waals surface area contributed by atoms with Gasteiger partial charge in [-0.25, -0.2) is 8.42 Å². The van der Waals surface area contributed by atoms with Gasteiger partial charge in [0.1, 0.15) is 0 Å². The summed E-state index contributed by atoms with van der Waals surface area (Å²) in [4.78, 5) is 15.7. The number of nitrogens with zero attached hydrogens (tertiary/aromatic N) is 1. The topological polar surface area (TPSA) is 54.5 Å². The molecule has 3 rings (SSSR count). The lowest BCUT2D eigenvalue weighted by molar-refractivity contribution is 0.0747. The lowest BCUT2D eigenvalue weighted by Gasteiger charge is -2.25. The Morgan fingerprint density at radius 1 is 1.08 bits per heavy atom. The second kappa shape index (κ2) is 6.85. The fourth-order valence-corrected chi connectivity index (χ4v) is 4.75. The average Bonchev–Trinajstić information content (AvgIpc) is 2.96. The third-order valence-corrected chi connectivity index (χ3v) is 7.12. The molecule has 26 heavy (non-hydrogen) atoms. The van der Waals surface area contributed by atoms with Crippen LogP contribution in [0.2, 0.25) is 0 Å². The van der Waals surface area contributed by atoms with Crippen LogP contribution in [-0.2, 0) is 9.84 Å². The van der Waals surface area contributed by atoms with Gasteiger partial charge in [0.25, 0.3) is 5.91 Å². The Balaban J connectivity index is 1.88. The van der Waals surface area contributed by atoms with E-state index >= 15 is 0 Å². The quantitative estimate of drug-likeness (QED) is 0.665. The third kappa shape index (κ3) is 3.39. The molecule has 0 spiro atoms. The average molecular weight is 388 g/mol. The van der Waals surface area contributed by atoms with E-state index < -0.39 is 9.84 Å². The second-order valence-corrected chi connectivity index (χ2v) is 9.55. The first kappa shape index (κ1) is 18.6. The van der Waals surface area contributed by atoms with Crippen LogP contribution in [0.25, 0.3) is 10.1 Å². The van der Waals surface area contributed by atoms with Crippen molar-refractivity contribution in [2.45, 2.75) is 24.8 Å². The summed E-state index contributed by atoms with van der Waals surface area (Å²) >= 11 is 1.51. The van der Waals surface area contributed by atoms with Crippen molar-refractivity contribution in [1.29, 1.82) is 0 Å². The maximum atomic E-state index is 13.0. The van der Waals surface area contributed by atoms with E-state index in [-0.39, 0.29) is 16.8 Å². The largest absolute Gasteiger partial charge is 0.334 e. The summed E-state index contributed by atoms with van der Waals surface area (Å²) in [7, 11) is -1.45. The van der Waals surface area contributed by atoms with Crippen molar-refractivity contribution in [2.24, 2.45) is 0 Å². The van der Waals surface area contributed by atoms with E-state index in [1.54, 1.807) is 36.2 Å². The minimum absolute atomic E-state index is 0.0246. The number of hydrogen-bond donors (Lipinski definition) is 0. The van der Waals surface area contributed by atoms with Crippen LogP contribution in [-0.4, -0.2) is 32.5 Å². The van der Waals surface area contributed by atoms with Gasteiger partial charge in [0.15, 0.2) is 9.84 Å². The Hall–Kier alpha value is -2.18. The van der Waals surface area contributed by atoms with Gasteiger partial charge in [0.05, 0.1) is 15.8 Å². The van der Waals surface area contributed by atoms with Crippen molar-refractivity contribution < 1.29 is 13.2 Å². The number of carbonyl (C=O) groups is 1. The number of rotatable bonds is 4. The monoisotopic (exact) mass is 387 g/mol. The second-order valence-electron chi connectivity index (χ2n) is 6.49. The molecule has 0 radical (unpaired) electrons.